The topological polar surface area (TPSA) is 34.1 Å². The predicted octanol–water partition coefficient (Wildman–Crippen LogP) is 3.80. The Morgan fingerprint density at radius 2 is 1.81 bits per heavy atom. The van der Waals surface area contributed by atoms with E-state index in [1.807, 2.05) is 19.1 Å². The van der Waals surface area contributed by atoms with Gasteiger partial charge >= 0.3 is 0 Å². The first kappa shape index (κ1) is 15.5. The van der Waals surface area contributed by atoms with Crippen LogP contribution in [0.3, 0.4) is 0 Å². The first-order valence-corrected chi connectivity index (χ1v) is 7.47. The number of methoxy groups -OCH3 is 1. The van der Waals surface area contributed by atoms with E-state index in [4.69, 9.17) is 4.74 Å². The fourth-order valence-electron chi connectivity index (χ4n) is 2.49. The van der Waals surface area contributed by atoms with Gasteiger partial charge in [-0.15, -0.1) is 0 Å². The molecular weight excluding hydrogens is 260 g/mol. The average Bonchev–Trinajstić information content (AvgIpc) is 2.50. The predicted molar refractivity (Wildman–Crippen MR) is 86.8 cm³/mol. The molecule has 0 bridgehead atoms. The number of hydrogen-bond acceptors (Lipinski definition) is 3. The Labute approximate surface area is 127 Å². The van der Waals surface area contributed by atoms with Crippen molar-refractivity contribution in [3.8, 4) is 5.75 Å². The van der Waals surface area contributed by atoms with Crippen molar-refractivity contribution in [2.75, 3.05) is 13.7 Å². The lowest BCUT2D eigenvalue weighted by atomic mass is 9.97. The Bertz CT molecular complexity index is 578. The second-order valence-corrected chi connectivity index (χ2v) is 5.29. The Hall–Kier alpha value is -1.87. The van der Waals surface area contributed by atoms with E-state index in [1.54, 1.807) is 7.11 Å². The van der Waals surface area contributed by atoms with Crippen molar-refractivity contribution in [3.63, 3.8) is 0 Å². The molecule has 2 rings (SSSR count). The number of rotatable bonds is 6. The fraction of sp³-hybridized carbons (Fsp3) is 0.389. The molecule has 0 spiro atoms. The summed E-state index contributed by atoms with van der Waals surface area (Å²) in [5.41, 5.74) is 4.61. The molecule has 0 amide bonds. The van der Waals surface area contributed by atoms with Crippen molar-refractivity contribution >= 4 is 0 Å². The second-order valence-electron chi connectivity index (χ2n) is 5.29. The molecule has 1 aromatic heterocycles. The molecule has 0 aliphatic heterocycles. The number of ether oxygens (including phenoxy) is 1. The van der Waals surface area contributed by atoms with Crippen molar-refractivity contribution in [1.29, 1.82) is 0 Å². The molecule has 1 N–H and O–H groups in total. The fourth-order valence-corrected chi connectivity index (χ4v) is 2.49. The van der Waals surface area contributed by atoms with Crippen LogP contribution < -0.4 is 10.1 Å². The Morgan fingerprint density at radius 3 is 2.38 bits per heavy atom. The third-order valence-corrected chi connectivity index (χ3v) is 3.62. The van der Waals surface area contributed by atoms with Gasteiger partial charge in [-0.25, -0.2) is 0 Å². The lowest BCUT2D eigenvalue weighted by Crippen LogP contribution is -2.24. The minimum absolute atomic E-state index is 0.170. The highest BCUT2D eigenvalue weighted by Gasteiger charge is 2.16. The van der Waals surface area contributed by atoms with Crippen LogP contribution in [0, 0.1) is 13.8 Å². The molecule has 1 heterocycles. The second kappa shape index (κ2) is 7.23. The number of nitrogens with zero attached hydrogens (tertiary/aromatic N) is 1. The highest BCUT2D eigenvalue weighted by atomic mass is 16.5. The zero-order valence-corrected chi connectivity index (χ0v) is 13.3. The van der Waals surface area contributed by atoms with E-state index in [-0.39, 0.29) is 6.04 Å². The minimum atomic E-state index is 0.170. The molecule has 0 radical (unpaired) electrons. The maximum absolute atomic E-state index is 5.24. The summed E-state index contributed by atoms with van der Waals surface area (Å²) in [6.45, 7) is 7.26. The van der Waals surface area contributed by atoms with Crippen LogP contribution in [0.1, 0.15) is 41.9 Å². The SMILES string of the molecule is CCCNC(c1ccc(OC)cc1)c1ccc(C)nc1C. The van der Waals surface area contributed by atoms with E-state index in [0.717, 1.165) is 30.1 Å². The van der Waals surface area contributed by atoms with Crippen molar-refractivity contribution in [2.24, 2.45) is 0 Å². The number of nitrogens with one attached hydrogen (secondary N) is 1. The van der Waals surface area contributed by atoms with E-state index in [9.17, 15) is 0 Å². The van der Waals surface area contributed by atoms with Gasteiger partial charge in [0, 0.05) is 11.4 Å². The molecule has 0 fully saturated rings. The van der Waals surface area contributed by atoms with E-state index in [2.05, 4.69) is 48.4 Å². The zero-order valence-electron chi connectivity index (χ0n) is 13.3. The van der Waals surface area contributed by atoms with Crippen LogP contribution >= 0.6 is 0 Å². The summed E-state index contributed by atoms with van der Waals surface area (Å²) in [5.74, 6) is 0.881. The summed E-state index contributed by atoms with van der Waals surface area (Å²) in [6, 6.07) is 12.7. The van der Waals surface area contributed by atoms with Crippen LogP contribution in [0.2, 0.25) is 0 Å². The van der Waals surface area contributed by atoms with Crippen LogP contribution in [0.5, 0.6) is 5.75 Å². The van der Waals surface area contributed by atoms with Gasteiger partial charge < -0.3 is 10.1 Å². The summed E-state index contributed by atoms with van der Waals surface area (Å²) < 4.78 is 5.24. The summed E-state index contributed by atoms with van der Waals surface area (Å²) in [6.07, 6.45) is 1.10. The molecule has 0 saturated heterocycles. The zero-order chi connectivity index (χ0) is 15.2. The molecule has 112 valence electrons. The Kier molecular flexibility index (Phi) is 5.34. The molecule has 1 aromatic carbocycles. The third kappa shape index (κ3) is 3.82. The van der Waals surface area contributed by atoms with Gasteiger partial charge in [0.15, 0.2) is 0 Å². The average molecular weight is 284 g/mol. The molecule has 0 saturated carbocycles. The van der Waals surface area contributed by atoms with Crippen molar-refractivity contribution < 1.29 is 4.74 Å². The summed E-state index contributed by atoms with van der Waals surface area (Å²) in [7, 11) is 1.69. The van der Waals surface area contributed by atoms with Crippen LogP contribution in [-0.2, 0) is 0 Å². The molecule has 21 heavy (non-hydrogen) atoms. The van der Waals surface area contributed by atoms with E-state index >= 15 is 0 Å². The summed E-state index contributed by atoms with van der Waals surface area (Å²) in [5, 5.41) is 3.62. The van der Waals surface area contributed by atoms with Gasteiger partial charge in [-0.05, 0) is 56.1 Å². The van der Waals surface area contributed by atoms with Gasteiger partial charge in [-0.2, -0.15) is 0 Å². The molecule has 2 aromatic rings. The first-order valence-electron chi connectivity index (χ1n) is 7.47. The van der Waals surface area contributed by atoms with Crippen LogP contribution in [0.15, 0.2) is 36.4 Å². The van der Waals surface area contributed by atoms with Gasteiger partial charge in [0.2, 0.25) is 0 Å². The maximum Gasteiger partial charge on any atom is 0.118 e. The molecule has 1 unspecified atom stereocenters. The van der Waals surface area contributed by atoms with Gasteiger partial charge in [0.05, 0.1) is 13.2 Å². The summed E-state index contributed by atoms with van der Waals surface area (Å²) in [4.78, 5) is 4.60. The summed E-state index contributed by atoms with van der Waals surface area (Å²) >= 11 is 0. The normalized spacial score (nSPS) is 12.2. The van der Waals surface area contributed by atoms with Crippen LogP contribution in [0.4, 0.5) is 0 Å². The first-order chi connectivity index (χ1) is 10.2. The molecule has 0 aliphatic carbocycles. The highest BCUT2D eigenvalue weighted by molar-refractivity contribution is 5.37. The van der Waals surface area contributed by atoms with E-state index < -0.39 is 0 Å². The van der Waals surface area contributed by atoms with Crippen molar-refractivity contribution in [2.45, 2.75) is 33.2 Å². The molecule has 3 heteroatoms. The highest BCUT2D eigenvalue weighted by Crippen LogP contribution is 2.26. The molecule has 0 aliphatic rings. The molecule has 1 atom stereocenters. The quantitative estimate of drug-likeness (QED) is 0.876. The standard InChI is InChI=1S/C18H24N2O/c1-5-12-19-18(15-7-9-16(21-4)10-8-15)17-11-6-13(2)20-14(17)3/h6-11,18-19H,5,12H2,1-4H3. The smallest absolute Gasteiger partial charge is 0.118 e. The third-order valence-electron chi connectivity index (χ3n) is 3.62. The molecular formula is C18H24N2O. The lowest BCUT2D eigenvalue weighted by molar-refractivity contribution is 0.414. The molecule has 3 nitrogen and oxygen atoms in total. The Morgan fingerprint density at radius 1 is 1.10 bits per heavy atom. The van der Waals surface area contributed by atoms with Crippen molar-refractivity contribution in [3.05, 3.63) is 58.9 Å². The van der Waals surface area contributed by atoms with Crippen LogP contribution in [-0.4, -0.2) is 18.6 Å². The van der Waals surface area contributed by atoms with E-state index in [1.165, 1.54) is 11.1 Å². The number of benzene rings is 1. The maximum atomic E-state index is 5.24. The van der Waals surface area contributed by atoms with Gasteiger partial charge in [-0.3, -0.25) is 4.98 Å². The van der Waals surface area contributed by atoms with Crippen molar-refractivity contribution in [1.82, 2.24) is 10.3 Å². The number of pyridine rings is 1. The van der Waals surface area contributed by atoms with Gasteiger partial charge in [0.25, 0.3) is 0 Å². The largest absolute Gasteiger partial charge is 0.497 e. The monoisotopic (exact) mass is 284 g/mol. The Balaban J connectivity index is 2.36. The number of aryl methyl sites for hydroxylation is 2. The van der Waals surface area contributed by atoms with E-state index in [0.29, 0.717) is 0 Å². The minimum Gasteiger partial charge on any atom is -0.497 e. The van der Waals surface area contributed by atoms with Crippen LogP contribution in [0.25, 0.3) is 0 Å². The number of hydrogen-bond donors (Lipinski definition) is 1. The number of aromatic nitrogens is 1. The van der Waals surface area contributed by atoms with Gasteiger partial charge in [-0.1, -0.05) is 25.1 Å². The lowest BCUT2D eigenvalue weighted by Gasteiger charge is -2.21. The van der Waals surface area contributed by atoms with Gasteiger partial charge in [0.1, 0.15) is 5.75 Å².